The van der Waals surface area contributed by atoms with Gasteiger partial charge < -0.3 is 10.5 Å². The Morgan fingerprint density at radius 3 is 2.82 bits per heavy atom. The van der Waals surface area contributed by atoms with E-state index in [1.807, 2.05) is 37.3 Å². The number of pyridine rings is 1. The summed E-state index contributed by atoms with van der Waals surface area (Å²) in [4.78, 5) is 4.12. The molecule has 88 valence electrons. The first-order chi connectivity index (χ1) is 8.19. The largest absolute Gasteiger partial charge is 0.457 e. The Balaban J connectivity index is 2.25. The van der Waals surface area contributed by atoms with Crippen molar-refractivity contribution in [1.82, 2.24) is 4.98 Å². The Kier molecular flexibility index (Phi) is 3.76. The zero-order valence-corrected chi connectivity index (χ0v) is 11.1. The fourth-order valence-corrected chi connectivity index (χ4v) is 1.96. The predicted octanol–water partition coefficient (Wildman–Crippen LogP) is 3.40. The zero-order valence-electron chi connectivity index (χ0n) is 9.48. The van der Waals surface area contributed by atoms with Crippen LogP contribution in [-0.2, 0) is 6.54 Å². The van der Waals surface area contributed by atoms with Gasteiger partial charge in [0.1, 0.15) is 11.5 Å². The Morgan fingerprint density at radius 2 is 2.12 bits per heavy atom. The summed E-state index contributed by atoms with van der Waals surface area (Å²) < 4.78 is 6.83. The second kappa shape index (κ2) is 5.29. The van der Waals surface area contributed by atoms with Gasteiger partial charge in [0, 0.05) is 23.3 Å². The highest BCUT2D eigenvalue weighted by atomic mass is 79.9. The molecule has 17 heavy (non-hydrogen) atoms. The molecule has 0 saturated carbocycles. The van der Waals surface area contributed by atoms with E-state index in [-0.39, 0.29) is 0 Å². The zero-order chi connectivity index (χ0) is 12.3. The third kappa shape index (κ3) is 3.05. The van der Waals surface area contributed by atoms with E-state index in [0.29, 0.717) is 6.54 Å². The lowest BCUT2D eigenvalue weighted by molar-refractivity contribution is 0.477. The molecule has 2 aromatic rings. The molecule has 0 aliphatic rings. The number of ether oxygens (including phenoxy) is 1. The van der Waals surface area contributed by atoms with Crippen LogP contribution in [0.2, 0.25) is 0 Å². The minimum Gasteiger partial charge on any atom is -0.457 e. The van der Waals surface area contributed by atoms with E-state index in [4.69, 9.17) is 10.5 Å². The molecule has 4 heteroatoms. The normalized spacial score (nSPS) is 10.3. The molecule has 0 fully saturated rings. The SMILES string of the molecule is Cc1cc(Br)ccc1Oc1ccnc(CN)c1. The van der Waals surface area contributed by atoms with Crippen molar-refractivity contribution in [2.45, 2.75) is 13.5 Å². The highest BCUT2D eigenvalue weighted by molar-refractivity contribution is 9.10. The third-order valence-corrected chi connectivity index (χ3v) is 2.86. The Hall–Kier alpha value is -1.39. The van der Waals surface area contributed by atoms with Crippen molar-refractivity contribution in [2.75, 3.05) is 0 Å². The Bertz CT molecular complexity index is 529. The minimum absolute atomic E-state index is 0.413. The molecule has 0 saturated heterocycles. The number of nitrogens with two attached hydrogens (primary N) is 1. The number of aryl methyl sites for hydroxylation is 1. The molecule has 1 aromatic heterocycles. The maximum atomic E-state index is 5.79. The fraction of sp³-hybridized carbons (Fsp3) is 0.154. The van der Waals surface area contributed by atoms with Gasteiger partial charge in [-0.25, -0.2) is 0 Å². The number of hydrogen-bond donors (Lipinski definition) is 1. The summed E-state index contributed by atoms with van der Waals surface area (Å²) in [5, 5.41) is 0. The van der Waals surface area contributed by atoms with Crippen LogP contribution in [-0.4, -0.2) is 4.98 Å². The van der Waals surface area contributed by atoms with Crippen molar-refractivity contribution in [3.63, 3.8) is 0 Å². The molecule has 0 unspecified atom stereocenters. The van der Waals surface area contributed by atoms with Crippen molar-refractivity contribution in [3.05, 3.63) is 52.3 Å². The van der Waals surface area contributed by atoms with Crippen LogP contribution < -0.4 is 10.5 Å². The quantitative estimate of drug-likeness (QED) is 0.943. The Morgan fingerprint density at radius 1 is 1.29 bits per heavy atom. The molecular weight excluding hydrogens is 280 g/mol. The van der Waals surface area contributed by atoms with Gasteiger partial charge in [-0.3, -0.25) is 4.98 Å². The van der Waals surface area contributed by atoms with Gasteiger partial charge in [0.2, 0.25) is 0 Å². The lowest BCUT2D eigenvalue weighted by Gasteiger charge is -2.09. The van der Waals surface area contributed by atoms with Crippen molar-refractivity contribution in [3.8, 4) is 11.5 Å². The number of halogens is 1. The maximum Gasteiger partial charge on any atom is 0.130 e. The fourth-order valence-electron chi connectivity index (χ4n) is 1.49. The highest BCUT2D eigenvalue weighted by Crippen LogP contribution is 2.27. The van der Waals surface area contributed by atoms with Gasteiger partial charge >= 0.3 is 0 Å². The molecule has 0 aliphatic carbocycles. The lowest BCUT2D eigenvalue weighted by atomic mass is 10.2. The number of hydrogen-bond acceptors (Lipinski definition) is 3. The monoisotopic (exact) mass is 292 g/mol. The van der Waals surface area contributed by atoms with Crippen molar-refractivity contribution in [2.24, 2.45) is 5.73 Å². The smallest absolute Gasteiger partial charge is 0.130 e. The van der Waals surface area contributed by atoms with E-state index < -0.39 is 0 Å². The summed E-state index contributed by atoms with van der Waals surface area (Å²) in [5.74, 6) is 1.59. The molecule has 0 amide bonds. The van der Waals surface area contributed by atoms with Crippen LogP contribution in [0.25, 0.3) is 0 Å². The first-order valence-electron chi connectivity index (χ1n) is 5.28. The van der Waals surface area contributed by atoms with Gasteiger partial charge in [-0.2, -0.15) is 0 Å². The molecule has 0 bridgehead atoms. The summed E-state index contributed by atoms with van der Waals surface area (Å²) in [7, 11) is 0. The van der Waals surface area contributed by atoms with Crippen LogP contribution in [0.5, 0.6) is 11.5 Å². The average Bonchev–Trinajstić information content (AvgIpc) is 2.33. The average molecular weight is 293 g/mol. The van der Waals surface area contributed by atoms with Crippen LogP contribution in [0.3, 0.4) is 0 Å². The van der Waals surface area contributed by atoms with Crippen molar-refractivity contribution >= 4 is 15.9 Å². The molecule has 0 spiro atoms. The number of nitrogens with zero attached hydrogens (tertiary/aromatic N) is 1. The summed E-state index contributed by atoms with van der Waals surface area (Å²) in [6.45, 7) is 2.42. The van der Waals surface area contributed by atoms with Crippen LogP contribution >= 0.6 is 15.9 Å². The molecule has 1 heterocycles. The van der Waals surface area contributed by atoms with Gasteiger partial charge in [-0.1, -0.05) is 15.9 Å². The summed E-state index contributed by atoms with van der Waals surface area (Å²) in [6, 6.07) is 9.57. The van der Waals surface area contributed by atoms with E-state index >= 15 is 0 Å². The van der Waals surface area contributed by atoms with Crippen LogP contribution in [0.1, 0.15) is 11.3 Å². The summed E-state index contributed by atoms with van der Waals surface area (Å²) in [5.41, 5.74) is 7.43. The molecule has 1 aromatic carbocycles. The minimum atomic E-state index is 0.413. The molecular formula is C13H13BrN2O. The van der Waals surface area contributed by atoms with E-state index in [1.54, 1.807) is 6.20 Å². The standard InChI is InChI=1S/C13H13BrN2O/c1-9-6-10(14)2-3-13(9)17-12-4-5-16-11(7-12)8-15/h2-7H,8,15H2,1H3. The lowest BCUT2D eigenvalue weighted by Crippen LogP contribution is -1.99. The van der Waals surface area contributed by atoms with Gasteiger partial charge in [-0.15, -0.1) is 0 Å². The van der Waals surface area contributed by atoms with Crippen LogP contribution in [0.15, 0.2) is 41.0 Å². The van der Waals surface area contributed by atoms with Crippen LogP contribution in [0, 0.1) is 6.92 Å². The molecule has 2 N–H and O–H groups in total. The first kappa shape index (κ1) is 12.1. The topological polar surface area (TPSA) is 48.1 Å². The molecule has 0 aliphatic heterocycles. The Labute approximate surface area is 109 Å². The maximum absolute atomic E-state index is 5.79. The van der Waals surface area contributed by atoms with Crippen LogP contribution in [0.4, 0.5) is 0 Å². The highest BCUT2D eigenvalue weighted by Gasteiger charge is 2.03. The van der Waals surface area contributed by atoms with E-state index in [2.05, 4.69) is 20.9 Å². The number of benzene rings is 1. The van der Waals surface area contributed by atoms with E-state index in [9.17, 15) is 0 Å². The molecule has 0 atom stereocenters. The van der Waals surface area contributed by atoms with Crippen molar-refractivity contribution in [1.29, 1.82) is 0 Å². The van der Waals surface area contributed by atoms with Gasteiger partial charge in [0.05, 0.1) is 5.69 Å². The van der Waals surface area contributed by atoms with Gasteiger partial charge in [-0.05, 0) is 36.8 Å². The third-order valence-electron chi connectivity index (χ3n) is 2.36. The van der Waals surface area contributed by atoms with Gasteiger partial charge in [0.15, 0.2) is 0 Å². The molecule has 2 rings (SSSR count). The number of aromatic nitrogens is 1. The number of rotatable bonds is 3. The summed E-state index contributed by atoms with van der Waals surface area (Å²) >= 11 is 3.42. The van der Waals surface area contributed by atoms with Gasteiger partial charge in [0.25, 0.3) is 0 Å². The summed E-state index contributed by atoms with van der Waals surface area (Å²) in [6.07, 6.45) is 1.70. The van der Waals surface area contributed by atoms with E-state index in [1.165, 1.54) is 0 Å². The predicted molar refractivity (Wildman–Crippen MR) is 71.1 cm³/mol. The molecule has 0 radical (unpaired) electrons. The van der Waals surface area contributed by atoms with E-state index in [0.717, 1.165) is 27.2 Å². The second-order valence-electron chi connectivity index (χ2n) is 3.70. The molecule has 3 nitrogen and oxygen atoms in total. The van der Waals surface area contributed by atoms with Crippen molar-refractivity contribution < 1.29 is 4.74 Å². The second-order valence-corrected chi connectivity index (χ2v) is 4.61. The first-order valence-corrected chi connectivity index (χ1v) is 6.07.